The smallest absolute Gasteiger partial charge is 0.0947 e. The molecule has 0 spiro atoms. The summed E-state index contributed by atoms with van der Waals surface area (Å²) >= 11 is 8.72. The zero-order valence-corrected chi connectivity index (χ0v) is 15.1. The predicted octanol–water partition coefficient (Wildman–Crippen LogP) is 6.37. The minimum Gasteiger partial charge on any atom is -0.193 e. The van der Waals surface area contributed by atoms with Crippen molar-refractivity contribution in [3.63, 3.8) is 0 Å². The second-order valence-electron chi connectivity index (χ2n) is 5.01. The molecule has 0 aromatic heterocycles. The highest BCUT2D eigenvalue weighted by molar-refractivity contribution is 14.1. The van der Waals surface area contributed by atoms with Gasteiger partial charge in [0.05, 0.1) is 11.1 Å². The van der Waals surface area contributed by atoms with Crippen LogP contribution in [0.4, 0.5) is 0 Å². The molecular weight excluding hydrogens is 393 g/mol. The Morgan fingerprint density at radius 3 is 2.95 bits per heavy atom. The molecular formula is C18H19ClIN. The fourth-order valence-corrected chi connectivity index (χ4v) is 2.92. The van der Waals surface area contributed by atoms with E-state index in [2.05, 4.69) is 60.9 Å². The molecule has 0 saturated heterocycles. The van der Waals surface area contributed by atoms with E-state index in [1.807, 2.05) is 6.08 Å². The van der Waals surface area contributed by atoms with Crippen LogP contribution in [0.2, 0.25) is 0 Å². The molecule has 0 amide bonds. The van der Waals surface area contributed by atoms with Crippen molar-refractivity contribution in [2.45, 2.75) is 26.2 Å². The van der Waals surface area contributed by atoms with Gasteiger partial charge >= 0.3 is 0 Å². The number of nitriles is 1. The van der Waals surface area contributed by atoms with Gasteiger partial charge in [-0.2, -0.15) is 5.26 Å². The quantitative estimate of drug-likeness (QED) is 0.300. The molecule has 21 heavy (non-hydrogen) atoms. The van der Waals surface area contributed by atoms with Crippen molar-refractivity contribution in [3.8, 4) is 6.07 Å². The van der Waals surface area contributed by atoms with Crippen molar-refractivity contribution in [1.29, 1.82) is 5.26 Å². The van der Waals surface area contributed by atoms with E-state index in [0.717, 1.165) is 38.2 Å². The number of hydrogen-bond donors (Lipinski definition) is 0. The summed E-state index contributed by atoms with van der Waals surface area (Å²) in [7, 11) is 0. The Hall–Kier alpha value is -1.05. The van der Waals surface area contributed by atoms with Gasteiger partial charge in [-0.05, 0) is 65.0 Å². The summed E-state index contributed by atoms with van der Waals surface area (Å²) in [5.41, 5.74) is 2.78. The molecule has 3 heteroatoms. The second kappa shape index (κ2) is 9.07. The lowest BCUT2D eigenvalue weighted by Gasteiger charge is -2.16. The Morgan fingerprint density at radius 1 is 1.62 bits per heavy atom. The molecule has 0 bridgehead atoms. The highest BCUT2D eigenvalue weighted by Crippen LogP contribution is 2.34. The Morgan fingerprint density at radius 2 is 2.33 bits per heavy atom. The first kappa shape index (κ1) is 18.0. The van der Waals surface area contributed by atoms with Crippen molar-refractivity contribution in [1.82, 2.24) is 0 Å². The van der Waals surface area contributed by atoms with E-state index < -0.39 is 0 Å². The minimum absolute atomic E-state index is 0.212. The van der Waals surface area contributed by atoms with Crippen LogP contribution in [0.25, 0.3) is 0 Å². The number of hydrogen-bond acceptors (Lipinski definition) is 1. The van der Waals surface area contributed by atoms with Gasteiger partial charge in [0.15, 0.2) is 0 Å². The predicted molar refractivity (Wildman–Crippen MR) is 100 cm³/mol. The monoisotopic (exact) mass is 411 g/mol. The molecule has 1 nitrogen and oxygen atoms in total. The van der Waals surface area contributed by atoms with E-state index in [1.165, 1.54) is 0 Å². The fourth-order valence-electron chi connectivity index (χ4n) is 2.11. The number of rotatable bonds is 4. The van der Waals surface area contributed by atoms with Crippen molar-refractivity contribution in [3.05, 3.63) is 68.9 Å². The standard InChI is InChI=1S/C18H19ClIN/c1-4-7-15(12-21)10-13(2)11-16-14(3)8-5-6-9-17(20)18(16)19/h4,6-7,9,11,13H,1,3,5,8,10H2,2H3/b9-6?,15-7+,16-11+,18-17?. The van der Waals surface area contributed by atoms with Gasteiger partial charge in [0.25, 0.3) is 0 Å². The number of nitrogens with zero attached hydrogens (tertiary/aromatic N) is 1. The van der Waals surface area contributed by atoms with Crippen LogP contribution >= 0.6 is 34.2 Å². The van der Waals surface area contributed by atoms with Gasteiger partial charge in [-0.1, -0.05) is 56.0 Å². The largest absolute Gasteiger partial charge is 0.193 e. The van der Waals surface area contributed by atoms with Crippen LogP contribution in [0.5, 0.6) is 0 Å². The number of allylic oxidation sites excluding steroid dienone is 10. The molecule has 1 aliphatic rings. The maximum atomic E-state index is 9.09. The van der Waals surface area contributed by atoms with Crippen molar-refractivity contribution < 1.29 is 0 Å². The van der Waals surface area contributed by atoms with E-state index in [9.17, 15) is 0 Å². The maximum Gasteiger partial charge on any atom is 0.0947 e. The van der Waals surface area contributed by atoms with E-state index in [1.54, 1.807) is 12.2 Å². The van der Waals surface area contributed by atoms with Crippen LogP contribution in [-0.4, -0.2) is 0 Å². The van der Waals surface area contributed by atoms with Gasteiger partial charge in [-0.15, -0.1) is 0 Å². The lowest BCUT2D eigenvalue weighted by atomic mass is 9.93. The van der Waals surface area contributed by atoms with Crippen LogP contribution in [0.3, 0.4) is 0 Å². The molecule has 0 N–H and O–H groups in total. The van der Waals surface area contributed by atoms with Crippen LogP contribution in [0.1, 0.15) is 26.2 Å². The summed E-state index contributed by atoms with van der Waals surface area (Å²) in [4.78, 5) is 0. The average Bonchev–Trinajstić information content (AvgIpc) is 2.46. The van der Waals surface area contributed by atoms with Gasteiger partial charge in [-0.25, -0.2) is 0 Å². The third-order valence-corrected chi connectivity index (χ3v) is 4.78. The lowest BCUT2D eigenvalue weighted by Crippen LogP contribution is -1.99. The first-order valence-electron chi connectivity index (χ1n) is 6.83. The molecule has 0 aromatic rings. The third kappa shape index (κ3) is 5.68. The Kier molecular flexibility index (Phi) is 7.77. The second-order valence-corrected chi connectivity index (χ2v) is 6.55. The molecule has 0 heterocycles. The molecule has 0 saturated carbocycles. The minimum atomic E-state index is 0.212. The highest BCUT2D eigenvalue weighted by Gasteiger charge is 2.14. The molecule has 0 fully saturated rings. The van der Waals surface area contributed by atoms with E-state index >= 15 is 0 Å². The van der Waals surface area contributed by atoms with Gasteiger partial charge in [0, 0.05) is 9.15 Å². The Labute approximate surface area is 146 Å². The van der Waals surface area contributed by atoms with E-state index in [0.29, 0.717) is 6.42 Å². The normalized spacial score (nSPS) is 20.0. The summed E-state index contributed by atoms with van der Waals surface area (Å²) in [6.45, 7) is 9.87. The van der Waals surface area contributed by atoms with Crippen molar-refractivity contribution in [2.75, 3.05) is 0 Å². The lowest BCUT2D eigenvalue weighted by molar-refractivity contribution is 0.723. The molecule has 0 aromatic carbocycles. The summed E-state index contributed by atoms with van der Waals surface area (Å²) in [5.74, 6) is 0.212. The fraction of sp³-hybridized carbons (Fsp3) is 0.278. The van der Waals surface area contributed by atoms with Gasteiger partial charge < -0.3 is 0 Å². The highest BCUT2D eigenvalue weighted by atomic mass is 127. The molecule has 0 aliphatic heterocycles. The molecule has 0 radical (unpaired) electrons. The summed E-state index contributed by atoms with van der Waals surface area (Å²) in [6, 6.07) is 2.21. The average molecular weight is 412 g/mol. The first-order chi connectivity index (χ1) is 9.99. The summed E-state index contributed by atoms with van der Waals surface area (Å²) in [6.07, 6.45) is 12.2. The van der Waals surface area contributed by atoms with Gasteiger partial charge in [0.2, 0.25) is 0 Å². The van der Waals surface area contributed by atoms with Crippen LogP contribution in [0.15, 0.2) is 68.9 Å². The zero-order chi connectivity index (χ0) is 15.8. The topological polar surface area (TPSA) is 23.8 Å². The van der Waals surface area contributed by atoms with Crippen LogP contribution < -0.4 is 0 Å². The first-order valence-corrected chi connectivity index (χ1v) is 8.29. The van der Waals surface area contributed by atoms with E-state index in [4.69, 9.17) is 16.9 Å². The van der Waals surface area contributed by atoms with Crippen LogP contribution in [0, 0.1) is 17.2 Å². The summed E-state index contributed by atoms with van der Waals surface area (Å²) < 4.78 is 1.02. The zero-order valence-electron chi connectivity index (χ0n) is 12.2. The third-order valence-electron chi connectivity index (χ3n) is 3.16. The maximum absolute atomic E-state index is 9.09. The molecule has 1 aliphatic carbocycles. The Bertz CT molecular complexity index is 585. The molecule has 1 atom stereocenters. The van der Waals surface area contributed by atoms with Crippen molar-refractivity contribution >= 4 is 34.2 Å². The van der Waals surface area contributed by atoms with Gasteiger partial charge in [0.1, 0.15) is 0 Å². The number of halogens is 2. The molecule has 110 valence electrons. The Balaban J connectivity index is 3.06. The van der Waals surface area contributed by atoms with Gasteiger partial charge in [-0.3, -0.25) is 0 Å². The summed E-state index contributed by atoms with van der Waals surface area (Å²) in [5, 5.41) is 9.84. The van der Waals surface area contributed by atoms with Crippen molar-refractivity contribution in [2.24, 2.45) is 5.92 Å². The van der Waals surface area contributed by atoms with E-state index in [-0.39, 0.29) is 5.92 Å². The van der Waals surface area contributed by atoms with Crippen LogP contribution in [-0.2, 0) is 0 Å². The molecule has 1 unspecified atom stereocenters. The molecule has 1 rings (SSSR count). The SMILES string of the molecule is C=C/C=C(/C#N)CC(C)/C=C1\C(=C)CCC=CC(I)=C1Cl.